The summed E-state index contributed by atoms with van der Waals surface area (Å²) in [4.78, 5) is 18.4. The molecule has 0 radical (unpaired) electrons. The van der Waals surface area contributed by atoms with Gasteiger partial charge in [-0.2, -0.15) is 0 Å². The number of hydrogen-bond acceptors (Lipinski definition) is 3. The number of Topliss-reactive ketones (excluding diaryl/α,β-unsaturated/α-hetero) is 1. The zero-order chi connectivity index (χ0) is 14.4. The molecular weight excluding hydrogens is 248 g/mol. The van der Waals surface area contributed by atoms with Crippen LogP contribution in [0.1, 0.15) is 28.5 Å². The van der Waals surface area contributed by atoms with E-state index in [1.807, 2.05) is 54.4 Å². The second-order valence-corrected chi connectivity index (χ2v) is 4.97. The molecule has 2 rings (SSSR count). The lowest BCUT2D eigenvalue weighted by molar-refractivity contribution is 0.0942. The lowest BCUT2D eigenvalue weighted by Gasteiger charge is -2.15. The smallest absolute Gasteiger partial charge is 0.176 e. The highest BCUT2D eigenvalue weighted by Crippen LogP contribution is 2.07. The number of carbonyl (C=O) groups excluding carboxylic acids is 1. The summed E-state index contributed by atoms with van der Waals surface area (Å²) in [7, 11) is 1.94. The predicted octanol–water partition coefficient (Wildman–Crippen LogP) is 2.96. The lowest BCUT2D eigenvalue weighted by Crippen LogP contribution is -2.26. The van der Waals surface area contributed by atoms with Gasteiger partial charge < -0.3 is 0 Å². The first-order valence-corrected chi connectivity index (χ1v) is 6.89. The molecule has 0 aliphatic rings. The number of benzene rings is 1. The normalized spacial score (nSPS) is 10.8. The van der Waals surface area contributed by atoms with Crippen LogP contribution in [-0.2, 0) is 13.0 Å². The summed E-state index contributed by atoms with van der Waals surface area (Å²) >= 11 is 0. The minimum absolute atomic E-state index is 0.145. The van der Waals surface area contributed by atoms with Crippen molar-refractivity contribution in [3.63, 3.8) is 0 Å². The molecule has 0 amide bonds. The summed E-state index contributed by atoms with van der Waals surface area (Å²) in [6, 6.07) is 13.7. The number of aromatic nitrogens is 1. The van der Waals surface area contributed by atoms with E-state index < -0.39 is 0 Å². The second kappa shape index (κ2) is 6.96. The van der Waals surface area contributed by atoms with Gasteiger partial charge in [0, 0.05) is 18.3 Å². The molecular formula is C17H20N2O. The Morgan fingerprint density at radius 3 is 2.50 bits per heavy atom. The molecule has 1 heterocycles. The topological polar surface area (TPSA) is 33.2 Å². The molecule has 1 aromatic heterocycles. The second-order valence-electron chi connectivity index (χ2n) is 4.97. The number of ketones is 1. The van der Waals surface area contributed by atoms with Crippen LogP contribution in [0, 0.1) is 0 Å². The molecule has 0 saturated carbocycles. The fraction of sp³-hybridized carbons (Fsp3) is 0.294. The van der Waals surface area contributed by atoms with E-state index in [-0.39, 0.29) is 5.78 Å². The molecule has 0 spiro atoms. The van der Waals surface area contributed by atoms with Crippen LogP contribution < -0.4 is 0 Å². The van der Waals surface area contributed by atoms with Gasteiger partial charge in [0.25, 0.3) is 0 Å². The van der Waals surface area contributed by atoms with Gasteiger partial charge in [0.15, 0.2) is 5.78 Å². The zero-order valence-corrected chi connectivity index (χ0v) is 12.0. The van der Waals surface area contributed by atoms with Gasteiger partial charge in [-0.1, -0.05) is 37.3 Å². The molecule has 3 nitrogen and oxygen atoms in total. The lowest BCUT2D eigenvalue weighted by atomic mass is 10.1. The maximum absolute atomic E-state index is 12.2. The number of likely N-dealkylation sites (N-methyl/N-ethyl adjacent to an activating group) is 1. The predicted molar refractivity (Wildman–Crippen MR) is 80.7 cm³/mol. The molecule has 0 fully saturated rings. The van der Waals surface area contributed by atoms with Crippen LogP contribution in [0.5, 0.6) is 0 Å². The van der Waals surface area contributed by atoms with E-state index in [0.717, 1.165) is 17.7 Å². The van der Waals surface area contributed by atoms with E-state index in [4.69, 9.17) is 0 Å². The van der Waals surface area contributed by atoms with Gasteiger partial charge in [-0.05, 0) is 31.2 Å². The Kier molecular flexibility index (Phi) is 5.02. The largest absolute Gasteiger partial charge is 0.293 e. The van der Waals surface area contributed by atoms with Crippen molar-refractivity contribution in [2.24, 2.45) is 0 Å². The van der Waals surface area contributed by atoms with Crippen molar-refractivity contribution in [2.75, 3.05) is 13.6 Å². The fourth-order valence-corrected chi connectivity index (χ4v) is 2.09. The van der Waals surface area contributed by atoms with Crippen LogP contribution in [0.4, 0.5) is 0 Å². The Morgan fingerprint density at radius 1 is 1.15 bits per heavy atom. The fourth-order valence-electron chi connectivity index (χ4n) is 2.09. The molecule has 2 aromatic rings. The number of pyridine rings is 1. The van der Waals surface area contributed by atoms with Gasteiger partial charge in [-0.15, -0.1) is 0 Å². The Bertz CT molecular complexity index is 549. The third kappa shape index (κ3) is 4.00. The van der Waals surface area contributed by atoms with Gasteiger partial charge in [0.1, 0.15) is 0 Å². The van der Waals surface area contributed by atoms with E-state index in [1.54, 1.807) is 6.20 Å². The minimum Gasteiger partial charge on any atom is -0.293 e. The highest BCUT2D eigenvalue weighted by Gasteiger charge is 2.10. The first kappa shape index (κ1) is 14.4. The number of nitrogens with zero attached hydrogens (tertiary/aromatic N) is 2. The van der Waals surface area contributed by atoms with E-state index >= 15 is 0 Å². The molecule has 0 unspecified atom stereocenters. The monoisotopic (exact) mass is 268 g/mol. The molecule has 0 aliphatic carbocycles. The summed E-state index contributed by atoms with van der Waals surface area (Å²) in [6.07, 6.45) is 2.77. The van der Waals surface area contributed by atoms with Crippen molar-refractivity contribution in [1.29, 1.82) is 0 Å². The Balaban J connectivity index is 1.93. The van der Waals surface area contributed by atoms with Crippen LogP contribution >= 0.6 is 0 Å². The summed E-state index contributed by atoms with van der Waals surface area (Å²) in [5, 5.41) is 0. The summed E-state index contributed by atoms with van der Waals surface area (Å²) in [6.45, 7) is 3.19. The maximum atomic E-state index is 12.2. The average molecular weight is 268 g/mol. The van der Waals surface area contributed by atoms with Crippen LogP contribution in [0.2, 0.25) is 0 Å². The Hall–Kier alpha value is -2.00. The van der Waals surface area contributed by atoms with E-state index in [0.29, 0.717) is 13.1 Å². The molecule has 0 aliphatic heterocycles. The average Bonchev–Trinajstić information content (AvgIpc) is 2.48. The first-order valence-electron chi connectivity index (χ1n) is 6.89. The number of rotatable bonds is 6. The van der Waals surface area contributed by atoms with Crippen molar-refractivity contribution in [2.45, 2.75) is 19.9 Å². The zero-order valence-electron chi connectivity index (χ0n) is 12.0. The van der Waals surface area contributed by atoms with Gasteiger partial charge in [0.05, 0.1) is 12.2 Å². The van der Waals surface area contributed by atoms with Crippen molar-refractivity contribution >= 4 is 5.78 Å². The number of hydrogen-bond donors (Lipinski definition) is 0. The Morgan fingerprint density at radius 2 is 1.90 bits per heavy atom. The van der Waals surface area contributed by atoms with Crippen LogP contribution in [0.15, 0.2) is 48.7 Å². The molecule has 20 heavy (non-hydrogen) atoms. The summed E-state index contributed by atoms with van der Waals surface area (Å²) in [5.74, 6) is 0.145. The van der Waals surface area contributed by atoms with E-state index in [1.165, 1.54) is 5.56 Å². The SMILES string of the molecule is CCc1ccc(C(=O)CN(C)Cc2ccccn2)cc1. The van der Waals surface area contributed by atoms with Gasteiger partial charge in [-0.25, -0.2) is 0 Å². The highest BCUT2D eigenvalue weighted by atomic mass is 16.1. The standard InChI is InChI=1S/C17H20N2O/c1-3-14-7-9-15(10-8-14)17(20)13-19(2)12-16-6-4-5-11-18-16/h4-11H,3,12-13H2,1-2H3. The first-order chi connectivity index (χ1) is 9.69. The van der Waals surface area contributed by atoms with Crippen LogP contribution in [0.3, 0.4) is 0 Å². The summed E-state index contributed by atoms with van der Waals surface area (Å²) < 4.78 is 0. The van der Waals surface area contributed by atoms with Gasteiger partial charge >= 0.3 is 0 Å². The van der Waals surface area contributed by atoms with Crippen LogP contribution in [0.25, 0.3) is 0 Å². The number of aryl methyl sites for hydroxylation is 1. The third-order valence-electron chi connectivity index (χ3n) is 3.26. The molecule has 3 heteroatoms. The van der Waals surface area contributed by atoms with Crippen LogP contribution in [-0.4, -0.2) is 29.3 Å². The molecule has 0 N–H and O–H groups in total. The molecule has 0 saturated heterocycles. The van der Waals surface area contributed by atoms with Crippen molar-refractivity contribution < 1.29 is 4.79 Å². The minimum atomic E-state index is 0.145. The quantitative estimate of drug-likeness (QED) is 0.755. The molecule has 0 atom stereocenters. The van der Waals surface area contributed by atoms with Crippen molar-refractivity contribution in [3.05, 3.63) is 65.5 Å². The number of carbonyl (C=O) groups is 1. The molecule has 104 valence electrons. The Labute approximate surface area is 120 Å². The van der Waals surface area contributed by atoms with E-state index in [2.05, 4.69) is 11.9 Å². The van der Waals surface area contributed by atoms with Gasteiger partial charge in [0.2, 0.25) is 0 Å². The maximum Gasteiger partial charge on any atom is 0.176 e. The molecule has 1 aromatic carbocycles. The highest BCUT2D eigenvalue weighted by molar-refractivity contribution is 5.97. The molecule has 0 bridgehead atoms. The van der Waals surface area contributed by atoms with Gasteiger partial charge in [-0.3, -0.25) is 14.7 Å². The van der Waals surface area contributed by atoms with Crippen molar-refractivity contribution in [1.82, 2.24) is 9.88 Å². The van der Waals surface area contributed by atoms with E-state index in [9.17, 15) is 4.79 Å². The summed E-state index contributed by atoms with van der Waals surface area (Å²) in [5.41, 5.74) is 3.00. The third-order valence-corrected chi connectivity index (χ3v) is 3.26. The van der Waals surface area contributed by atoms with Crippen molar-refractivity contribution in [3.8, 4) is 0 Å².